The van der Waals surface area contributed by atoms with E-state index in [9.17, 15) is 14.7 Å². The van der Waals surface area contributed by atoms with Gasteiger partial charge in [0.25, 0.3) is 0 Å². The van der Waals surface area contributed by atoms with E-state index in [0.717, 1.165) is 25.8 Å². The molecule has 6 nitrogen and oxygen atoms in total. The van der Waals surface area contributed by atoms with Crippen LogP contribution in [0.15, 0.2) is 0 Å². The van der Waals surface area contributed by atoms with Crippen LogP contribution >= 0.6 is 0 Å². The number of likely N-dealkylation sites (N-methyl/N-ethyl adjacent to an activating group) is 1. The Labute approximate surface area is 120 Å². The van der Waals surface area contributed by atoms with Crippen LogP contribution in [0.25, 0.3) is 0 Å². The lowest BCUT2D eigenvalue weighted by molar-refractivity contribution is -0.143. The second-order valence-corrected chi connectivity index (χ2v) is 5.81. The van der Waals surface area contributed by atoms with Crippen molar-refractivity contribution in [1.29, 1.82) is 0 Å². The Morgan fingerprint density at radius 3 is 2.60 bits per heavy atom. The lowest BCUT2D eigenvalue weighted by atomic mass is 10.0. The van der Waals surface area contributed by atoms with Gasteiger partial charge in [0.2, 0.25) is 0 Å². The Kier molecular flexibility index (Phi) is 4.86. The van der Waals surface area contributed by atoms with Crippen LogP contribution < -0.4 is 0 Å². The molecule has 2 aliphatic heterocycles. The first-order valence-corrected chi connectivity index (χ1v) is 7.53. The molecule has 2 unspecified atom stereocenters. The van der Waals surface area contributed by atoms with Crippen LogP contribution in [0, 0.1) is 0 Å². The number of carboxylic acid groups (broad SMARTS) is 1. The molecule has 2 amide bonds. The van der Waals surface area contributed by atoms with Crippen LogP contribution in [-0.2, 0) is 4.79 Å². The summed E-state index contributed by atoms with van der Waals surface area (Å²) in [6.45, 7) is 4.94. The van der Waals surface area contributed by atoms with E-state index < -0.39 is 12.0 Å². The molecule has 0 aromatic carbocycles. The monoisotopic (exact) mass is 283 g/mol. The first-order valence-electron chi connectivity index (χ1n) is 7.53. The molecule has 0 aromatic heterocycles. The van der Waals surface area contributed by atoms with E-state index in [0.29, 0.717) is 32.1 Å². The number of hydrogen-bond acceptors (Lipinski definition) is 3. The molecule has 0 aliphatic carbocycles. The van der Waals surface area contributed by atoms with Crippen molar-refractivity contribution in [1.82, 2.24) is 14.7 Å². The molecule has 114 valence electrons. The quantitative estimate of drug-likeness (QED) is 0.823. The Bertz CT molecular complexity index is 375. The van der Waals surface area contributed by atoms with Crippen molar-refractivity contribution < 1.29 is 14.7 Å². The van der Waals surface area contributed by atoms with E-state index >= 15 is 0 Å². The summed E-state index contributed by atoms with van der Waals surface area (Å²) in [7, 11) is 2.08. The topological polar surface area (TPSA) is 64.1 Å². The van der Waals surface area contributed by atoms with Crippen LogP contribution in [0.2, 0.25) is 0 Å². The first-order chi connectivity index (χ1) is 9.54. The summed E-state index contributed by atoms with van der Waals surface area (Å²) in [5.41, 5.74) is 0. The van der Waals surface area contributed by atoms with Gasteiger partial charge in [-0.2, -0.15) is 0 Å². The molecule has 0 radical (unpaired) electrons. The molecule has 20 heavy (non-hydrogen) atoms. The second-order valence-electron chi connectivity index (χ2n) is 5.81. The molecule has 2 atom stereocenters. The van der Waals surface area contributed by atoms with E-state index in [1.807, 2.05) is 4.90 Å². The number of aliphatic carboxylic acids is 1. The van der Waals surface area contributed by atoms with Crippen molar-refractivity contribution in [3.05, 3.63) is 0 Å². The fraction of sp³-hybridized carbons (Fsp3) is 0.857. The zero-order chi connectivity index (χ0) is 14.7. The van der Waals surface area contributed by atoms with E-state index in [-0.39, 0.29) is 6.03 Å². The van der Waals surface area contributed by atoms with Crippen molar-refractivity contribution in [2.75, 3.05) is 33.2 Å². The van der Waals surface area contributed by atoms with Gasteiger partial charge in [0, 0.05) is 32.2 Å². The minimum atomic E-state index is -0.876. The summed E-state index contributed by atoms with van der Waals surface area (Å²) >= 11 is 0. The molecule has 1 N–H and O–H groups in total. The van der Waals surface area contributed by atoms with Crippen LogP contribution in [0.5, 0.6) is 0 Å². The number of hydrogen-bond donors (Lipinski definition) is 1. The summed E-state index contributed by atoms with van der Waals surface area (Å²) < 4.78 is 0. The fourth-order valence-corrected chi connectivity index (χ4v) is 3.16. The predicted molar refractivity (Wildman–Crippen MR) is 75.7 cm³/mol. The standard InChI is InChI=1S/C14H25N3O3/c1-3-11-10-16(9-8-15(11)2)14(20)17-7-5-4-6-12(17)13(18)19/h11-12H,3-10H2,1-2H3,(H,18,19). The highest BCUT2D eigenvalue weighted by molar-refractivity contribution is 5.83. The normalized spacial score (nSPS) is 28.5. The molecule has 2 saturated heterocycles. The van der Waals surface area contributed by atoms with Gasteiger partial charge in [0.15, 0.2) is 0 Å². The molecule has 2 fully saturated rings. The van der Waals surface area contributed by atoms with Gasteiger partial charge in [-0.1, -0.05) is 6.92 Å². The van der Waals surface area contributed by atoms with E-state index in [1.165, 1.54) is 0 Å². The first kappa shape index (κ1) is 15.1. The Morgan fingerprint density at radius 1 is 1.20 bits per heavy atom. The number of rotatable bonds is 2. The summed E-state index contributed by atoms with van der Waals surface area (Å²) in [6, 6.07) is -0.361. The van der Waals surface area contributed by atoms with Crippen molar-refractivity contribution in [2.45, 2.75) is 44.7 Å². The van der Waals surface area contributed by atoms with Crippen molar-refractivity contribution >= 4 is 12.0 Å². The van der Waals surface area contributed by atoms with Gasteiger partial charge >= 0.3 is 12.0 Å². The summed E-state index contributed by atoms with van der Waals surface area (Å²) in [5, 5.41) is 9.28. The lowest BCUT2D eigenvalue weighted by Crippen LogP contribution is -2.59. The van der Waals surface area contributed by atoms with Gasteiger partial charge in [-0.15, -0.1) is 0 Å². The van der Waals surface area contributed by atoms with E-state index in [2.05, 4.69) is 18.9 Å². The third kappa shape index (κ3) is 3.06. The number of nitrogens with zero attached hydrogens (tertiary/aromatic N) is 3. The van der Waals surface area contributed by atoms with E-state index in [1.54, 1.807) is 4.90 Å². The van der Waals surface area contributed by atoms with Crippen molar-refractivity contribution in [2.24, 2.45) is 0 Å². The van der Waals surface area contributed by atoms with Gasteiger partial charge < -0.3 is 14.9 Å². The highest BCUT2D eigenvalue weighted by Gasteiger charge is 2.36. The van der Waals surface area contributed by atoms with Gasteiger partial charge in [0.05, 0.1) is 0 Å². The average Bonchev–Trinajstić information content (AvgIpc) is 2.47. The van der Waals surface area contributed by atoms with Gasteiger partial charge in [0.1, 0.15) is 6.04 Å². The number of carbonyl (C=O) groups is 2. The minimum absolute atomic E-state index is 0.0938. The van der Waals surface area contributed by atoms with Crippen molar-refractivity contribution in [3.8, 4) is 0 Å². The lowest BCUT2D eigenvalue weighted by Gasteiger charge is -2.43. The maximum atomic E-state index is 12.6. The molecule has 2 aliphatic rings. The Balaban J connectivity index is 2.04. The molecule has 2 heterocycles. The number of piperazine rings is 1. The number of amides is 2. The zero-order valence-electron chi connectivity index (χ0n) is 12.4. The maximum absolute atomic E-state index is 12.6. The molecule has 0 aromatic rings. The maximum Gasteiger partial charge on any atom is 0.326 e. The summed E-state index contributed by atoms with van der Waals surface area (Å²) in [6.07, 6.45) is 3.37. The van der Waals surface area contributed by atoms with Crippen molar-refractivity contribution in [3.63, 3.8) is 0 Å². The number of carbonyl (C=O) groups excluding carboxylic acids is 1. The zero-order valence-corrected chi connectivity index (χ0v) is 12.4. The average molecular weight is 283 g/mol. The molecular formula is C14H25N3O3. The number of piperidine rings is 1. The fourth-order valence-electron chi connectivity index (χ4n) is 3.16. The smallest absolute Gasteiger partial charge is 0.326 e. The largest absolute Gasteiger partial charge is 0.480 e. The molecule has 0 saturated carbocycles. The van der Waals surface area contributed by atoms with Gasteiger partial charge in [-0.3, -0.25) is 4.90 Å². The van der Waals surface area contributed by atoms with Crippen LogP contribution in [0.3, 0.4) is 0 Å². The second kappa shape index (κ2) is 6.43. The molecular weight excluding hydrogens is 258 g/mol. The molecule has 0 spiro atoms. The van der Waals surface area contributed by atoms with Crippen LogP contribution in [-0.4, -0.2) is 77.1 Å². The highest BCUT2D eigenvalue weighted by atomic mass is 16.4. The summed E-state index contributed by atoms with van der Waals surface area (Å²) in [4.78, 5) is 29.6. The molecule has 0 bridgehead atoms. The van der Waals surface area contributed by atoms with E-state index in [4.69, 9.17) is 0 Å². The Morgan fingerprint density at radius 2 is 1.95 bits per heavy atom. The van der Waals surface area contributed by atoms with Crippen LogP contribution in [0.4, 0.5) is 4.79 Å². The highest BCUT2D eigenvalue weighted by Crippen LogP contribution is 2.21. The van der Waals surface area contributed by atoms with Gasteiger partial charge in [-0.05, 0) is 32.7 Å². The SMILES string of the molecule is CCC1CN(C(=O)N2CCCCC2C(=O)O)CCN1C. The predicted octanol–water partition coefficient (Wildman–Crippen LogP) is 1.07. The third-order valence-corrected chi connectivity index (χ3v) is 4.55. The number of carboxylic acids is 1. The van der Waals surface area contributed by atoms with Gasteiger partial charge in [-0.25, -0.2) is 9.59 Å². The Hall–Kier alpha value is -1.30. The third-order valence-electron chi connectivity index (χ3n) is 4.55. The minimum Gasteiger partial charge on any atom is -0.480 e. The number of likely N-dealkylation sites (tertiary alicyclic amines) is 1. The number of urea groups is 1. The molecule has 6 heteroatoms. The van der Waals surface area contributed by atoms with Crippen LogP contribution in [0.1, 0.15) is 32.6 Å². The molecule has 2 rings (SSSR count). The summed E-state index contributed by atoms with van der Waals surface area (Å²) in [5.74, 6) is -0.876.